The lowest BCUT2D eigenvalue weighted by atomic mass is 9.80. The summed E-state index contributed by atoms with van der Waals surface area (Å²) in [5, 5.41) is 18.7. The molecule has 2 saturated heterocycles. The number of anilines is 2. The number of hydrogen-bond acceptors (Lipinski definition) is 11. The number of aromatic nitrogens is 1. The third-order valence-electron chi connectivity index (χ3n) is 10.2. The predicted octanol–water partition coefficient (Wildman–Crippen LogP) is 5.12. The van der Waals surface area contributed by atoms with Gasteiger partial charge in [-0.05, 0) is 35.8 Å². The second-order valence-electron chi connectivity index (χ2n) is 13.8. The van der Waals surface area contributed by atoms with Crippen molar-refractivity contribution in [3.05, 3.63) is 172 Å². The lowest BCUT2D eigenvalue weighted by Gasteiger charge is -2.49. The van der Waals surface area contributed by atoms with E-state index in [0.29, 0.717) is 36.3 Å². The van der Waals surface area contributed by atoms with Crippen LogP contribution < -0.4 is 16.8 Å². The molecule has 13 nitrogen and oxygen atoms in total. The summed E-state index contributed by atoms with van der Waals surface area (Å²) in [7, 11) is 0. The monoisotopic (exact) mass is 811 g/mol. The number of thioether (sulfide) groups is 1. The van der Waals surface area contributed by atoms with Crippen molar-refractivity contribution >= 4 is 63.3 Å². The first-order valence-electron chi connectivity index (χ1n) is 18.3. The normalized spacial score (nSPS) is 18.9. The molecule has 1 aromatic heterocycles. The SMILES string of the molecule is Nc1ccc(CN2CCC(=CC3=C(C(=O)O)N4C(=O)[C@@H](NC(=O)C(=NOC(c5ccccc5)(c5ccccc5)c5ccccc5)c5csc(N)n5)[C@H]4SC3)C2=O)cc1. The number of oxime groups is 1. The Morgan fingerprint density at radius 2 is 1.52 bits per heavy atom. The molecule has 0 spiro atoms. The van der Waals surface area contributed by atoms with Crippen molar-refractivity contribution in [2.45, 2.75) is 30.0 Å². The molecule has 3 aliphatic rings. The minimum absolute atomic E-state index is 0.134. The van der Waals surface area contributed by atoms with Gasteiger partial charge in [-0.1, -0.05) is 108 Å². The Labute approximate surface area is 341 Å². The zero-order valence-corrected chi connectivity index (χ0v) is 32.5. The molecule has 4 heterocycles. The Morgan fingerprint density at radius 3 is 2.07 bits per heavy atom. The number of hydrogen-bond donors (Lipinski definition) is 4. The summed E-state index contributed by atoms with van der Waals surface area (Å²) in [5.74, 6) is -2.70. The molecule has 3 aliphatic heterocycles. The van der Waals surface area contributed by atoms with Crippen molar-refractivity contribution in [3.63, 3.8) is 0 Å². The summed E-state index contributed by atoms with van der Waals surface area (Å²) in [6.45, 7) is 0.859. The van der Waals surface area contributed by atoms with Gasteiger partial charge in [-0.2, -0.15) is 0 Å². The first-order valence-corrected chi connectivity index (χ1v) is 20.3. The number of carboxylic acids is 1. The number of nitrogens with two attached hydrogens (primary N) is 2. The number of allylic oxidation sites excluding steroid dienone is 1. The summed E-state index contributed by atoms with van der Waals surface area (Å²) in [6.07, 6.45) is 2.01. The number of carbonyl (C=O) groups is 4. The smallest absolute Gasteiger partial charge is 0.352 e. The second kappa shape index (κ2) is 16.0. The number of nitrogens with one attached hydrogen (secondary N) is 1. The fourth-order valence-electron chi connectivity index (χ4n) is 7.36. The Balaban J connectivity index is 1.07. The number of benzene rings is 4. The largest absolute Gasteiger partial charge is 0.477 e. The van der Waals surface area contributed by atoms with E-state index < -0.39 is 34.8 Å². The van der Waals surface area contributed by atoms with Gasteiger partial charge in [0.15, 0.2) is 10.8 Å². The number of nitrogen functional groups attached to an aromatic ring is 2. The van der Waals surface area contributed by atoms with Crippen molar-refractivity contribution in [1.29, 1.82) is 0 Å². The van der Waals surface area contributed by atoms with Crippen molar-refractivity contribution in [1.82, 2.24) is 20.1 Å². The van der Waals surface area contributed by atoms with Gasteiger partial charge >= 0.3 is 5.97 Å². The number of rotatable bonds is 12. The van der Waals surface area contributed by atoms with E-state index in [1.54, 1.807) is 28.5 Å². The molecule has 0 aliphatic carbocycles. The zero-order valence-electron chi connectivity index (χ0n) is 30.9. The Morgan fingerprint density at radius 1 is 0.914 bits per heavy atom. The van der Waals surface area contributed by atoms with Crippen LogP contribution in [0.4, 0.5) is 10.8 Å². The molecule has 0 saturated carbocycles. The zero-order chi connectivity index (χ0) is 40.4. The third kappa shape index (κ3) is 7.21. The van der Waals surface area contributed by atoms with Crippen LogP contribution in [0, 0.1) is 0 Å². The van der Waals surface area contributed by atoms with Gasteiger partial charge in [0.05, 0.1) is 0 Å². The maximum atomic E-state index is 14.3. The minimum atomic E-state index is -1.32. The van der Waals surface area contributed by atoms with E-state index in [2.05, 4.69) is 15.5 Å². The average Bonchev–Trinajstić information content (AvgIpc) is 3.83. The summed E-state index contributed by atoms with van der Waals surface area (Å²) < 4.78 is 0. The average molecular weight is 812 g/mol. The second-order valence-corrected chi connectivity index (χ2v) is 15.8. The van der Waals surface area contributed by atoms with Crippen LogP contribution >= 0.6 is 23.1 Å². The van der Waals surface area contributed by atoms with Gasteiger partial charge in [0.2, 0.25) is 11.5 Å². The lowest BCUT2D eigenvalue weighted by molar-refractivity contribution is -0.150. The molecule has 0 radical (unpaired) electrons. The van der Waals surface area contributed by atoms with Crippen LogP contribution in [0.5, 0.6) is 0 Å². The molecule has 3 amide bonds. The summed E-state index contributed by atoms with van der Waals surface area (Å²) in [6, 6.07) is 34.7. The van der Waals surface area contributed by atoms with Crippen molar-refractivity contribution in [2.75, 3.05) is 23.8 Å². The molecular weight excluding hydrogens is 775 g/mol. The molecular formula is C43H37N7O6S2. The molecule has 6 N–H and O–H groups in total. The van der Waals surface area contributed by atoms with Crippen LogP contribution in [0.1, 0.15) is 34.4 Å². The molecule has 0 bridgehead atoms. The maximum absolute atomic E-state index is 14.3. The highest BCUT2D eigenvalue weighted by molar-refractivity contribution is 8.00. The van der Waals surface area contributed by atoms with Crippen molar-refractivity contribution < 1.29 is 29.1 Å². The standard InChI is InChI=1S/C43H37N7O6S2/c44-32-18-16-26(17-19-32)23-49-21-20-27(38(49)52)22-28-24-57-40-35(39(53)50(40)36(28)41(54)55)47-37(51)34(33-25-58-42(45)46-33)48-56-43(29-10-4-1-5-11-29,30-12-6-2-7-13-30)31-14-8-3-9-15-31/h1-19,22,25,35,40H,20-21,23-24,44H2,(H2,45,46)(H,47,51)(H,54,55)/t35-,40-/m1/s1. The first-order chi connectivity index (χ1) is 28.1. The van der Waals surface area contributed by atoms with Gasteiger partial charge in [-0.15, -0.1) is 23.1 Å². The number of fused-ring (bicyclic) bond motifs is 1. The fraction of sp³-hybridized carbons (Fsp3) is 0.163. The number of carbonyl (C=O) groups excluding carboxylic acids is 3. The van der Waals surface area contributed by atoms with Crippen LogP contribution in [-0.4, -0.2) is 73.0 Å². The van der Waals surface area contributed by atoms with Crippen molar-refractivity contribution in [3.8, 4) is 0 Å². The van der Waals surface area contributed by atoms with E-state index in [4.69, 9.17) is 16.3 Å². The predicted molar refractivity (Wildman–Crippen MR) is 222 cm³/mol. The van der Waals surface area contributed by atoms with Crippen LogP contribution in [0.15, 0.2) is 149 Å². The summed E-state index contributed by atoms with van der Waals surface area (Å²) in [5.41, 5.74) is 14.8. The minimum Gasteiger partial charge on any atom is -0.477 e. The first kappa shape index (κ1) is 38.2. The summed E-state index contributed by atoms with van der Waals surface area (Å²) >= 11 is 2.40. The number of carboxylic acid groups (broad SMARTS) is 1. The van der Waals surface area contributed by atoms with E-state index in [-0.39, 0.29) is 33.9 Å². The fourth-order valence-corrected chi connectivity index (χ4v) is 9.21. The topological polar surface area (TPSA) is 194 Å². The lowest BCUT2D eigenvalue weighted by Crippen LogP contribution is -2.71. The molecule has 0 unspecified atom stereocenters. The quantitative estimate of drug-likeness (QED) is 0.0328. The van der Waals surface area contributed by atoms with Gasteiger partial charge in [0.25, 0.3) is 11.8 Å². The van der Waals surface area contributed by atoms with Crippen molar-refractivity contribution in [2.24, 2.45) is 5.16 Å². The van der Waals surface area contributed by atoms with Gasteiger partial charge in [-0.3, -0.25) is 19.3 Å². The van der Waals surface area contributed by atoms with E-state index in [1.165, 1.54) is 16.7 Å². The van der Waals surface area contributed by atoms with E-state index in [9.17, 15) is 24.3 Å². The van der Waals surface area contributed by atoms with Gasteiger partial charge in [-0.25, -0.2) is 9.78 Å². The third-order valence-corrected chi connectivity index (χ3v) is 12.2. The molecule has 5 aromatic rings. The number of aliphatic carboxylic acids is 1. The number of thiazole rings is 1. The molecule has 2 fully saturated rings. The Kier molecular flexibility index (Phi) is 10.6. The highest BCUT2D eigenvalue weighted by atomic mass is 32.2. The van der Waals surface area contributed by atoms with Gasteiger partial charge in [0.1, 0.15) is 22.8 Å². The van der Waals surface area contributed by atoms with Crippen LogP contribution in [0.2, 0.25) is 0 Å². The van der Waals surface area contributed by atoms with E-state index in [1.807, 2.05) is 103 Å². The van der Waals surface area contributed by atoms with E-state index >= 15 is 0 Å². The van der Waals surface area contributed by atoms with Crippen LogP contribution in [0.3, 0.4) is 0 Å². The highest BCUT2D eigenvalue weighted by Gasteiger charge is 2.54. The van der Waals surface area contributed by atoms with E-state index in [0.717, 1.165) is 33.6 Å². The molecule has 15 heteroatoms. The van der Waals surface area contributed by atoms with Crippen LogP contribution in [0.25, 0.3) is 0 Å². The summed E-state index contributed by atoms with van der Waals surface area (Å²) in [4.78, 5) is 67.9. The molecule has 8 rings (SSSR count). The van der Waals surface area contributed by atoms with Gasteiger partial charge < -0.3 is 31.6 Å². The Bertz CT molecular complexity index is 2380. The van der Waals surface area contributed by atoms with Crippen LogP contribution in [-0.2, 0) is 36.2 Å². The Hall–Kier alpha value is -6.71. The number of nitrogens with zero attached hydrogens (tertiary/aromatic N) is 4. The number of likely N-dealkylation sites (tertiary alicyclic amines) is 1. The molecule has 58 heavy (non-hydrogen) atoms. The number of amides is 3. The number of β-lactam (4-membered cyclic amide) rings is 1. The molecule has 292 valence electrons. The maximum Gasteiger partial charge on any atom is 0.352 e. The molecule has 4 aromatic carbocycles. The molecule has 2 atom stereocenters. The van der Waals surface area contributed by atoms with Gasteiger partial charge in [0, 0.05) is 52.2 Å². The highest BCUT2D eigenvalue weighted by Crippen LogP contribution is 2.43.